The standard InChI is InChI=1S/C23H26N4O3/c24-17-5-3-4-15(12-17)19(14-27-10-1-2-11-27)25-21(28)23(8-9-23)16-6-7-20-18(13-16)26-22(29)30-20/h3-7,12-13,19H,1-2,8-11,14,24H2,(H,25,28)(H,26,29)/t19-/m1/s1. The molecule has 2 heterocycles. The molecule has 7 heteroatoms. The van der Waals surface area contributed by atoms with Crippen LogP contribution >= 0.6 is 0 Å². The fourth-order valence-corrected chi connectivity index (χ4v) is 4.55. The number of nitrogens with two attached hydrogens (primary N) is 1. The maximum Gasteiger partial charge on any atom is 0.417 e. The average molecular weight is 406 g/mol. The van der Waals surface area contributed by atoms with Gasteiger partial charge in [-0.3, -0.25) is 9.78 Å². The monoisotopic (exact) mass is 406 g/mol. The molecule has 5 rings (SSSR count). The SMILES string of the molecule is Nc1cccc([C@@H](CN2CCCC2)NC(=O)C2(c3ccc4oc(=O)[nH]c4c3)CC2)c1. The van der Waals surface area contributed by atoms with Gasteiger partial charge in [0.05, 0.1) is 17.0 Å². The van der Waals surface area contributed by atoms with Gasteiger partial charge in [-0.25, -0.2) is 4.79 Å². The van der Waals surface area contributed by atoms with Gasteiger partial charge in [-0.15, -0.1) is 0 Å². The average Bonchev–Trinajstić information content (AvgIpc) is 3.21. The van der Waals surface area contributed by atoms with Crippen LogP contribution in [-0.4, -0.2) is 35.4 Å². The quantitative estimate of drug-likeness (QED) is 0.546. The third-order valence-electron chi connectivity index (χ3n) is 6.41. The van der Waals surface area contributed by atoms with Gasteiger partial charge in [0.2, 0.25) is 5.91 Å². The Morgan fingerprint density at radius 2 is 2.00 bits per heavy atom. The highest BCUT2D eigenvalue weighted by molar-refractivity contribution is 5.92. The van der Waals surface area contributed by atoms with E-state index in [0.717, 1.165) is 43.6 Å². The highest BCUT2D eigenvalue weighted by Gasteiger charge is 2.51. The molecule has 1 aliphatic heterocycles. The normalized spacial score (nSPS) is 19.1. The number of nitrogen functional groups attached to an aromatic ring is 1. The van der Waals surface area contributed by atoms with Crippen molar-refractivity contribution in [2.24, 2.45) is 0 Å². The van der Waals surface area contributed by atoms with E-state index in [1.54, 1.807) is 6.07 Å². The first-order valence-corrected chi connectivity index (χ1v) is 10.6. The van der Waals surface area contributed by atoms with Crippen LogP contribution in [-0.2, 0) is 10.2 Å². The van der Waals surface area contributed by atoms with E-state index in [1.165, 1.54) is 12.8 Å². The van der Waals surface area contributed by atoms with E-state index in [-0.39, 0.29) is 11.9 Å². The number of nitrogens with zero attached hydrogens (tertiary/aromatic N) is 1. The second-order valence-electron chi connectivity index (χ2n) is 8.51. The molecule has 0 radical (unpaired) electrons. The van der Waals surface area contributed by atoms with Crippen LogP contribution in [0.3, 0.4) is 0 Å². The smallest absolute Gasteiger partial charge is 0.408 e. The fraction of sp³-hybridized carbons (Fsp3) is 0.391. The zero-order valence-electron chi connectivity index (χ0n) is 16.8. The number of nitrogens with one attached hydrogen (secondary N) is 2. The number of hydrogen-bond acceptors (Lipinski definition) is 5. The molecular weight excluding hydrogens is 380 g/mol. The lowest BCUT2D eigenvalue weighted by molar-refractivity contribution is -0.124. The summed E-state index contributed by atoms with van der Waals surface area (Å²) in [6.45, 7) is 2.90. The lowest BCUT2D eigenvalue weighted by Gasteiger charge is -2.27. The molecule has 1 saturated heterocycles. The summed E-state index contributed by atoms with van der Waals surface area (Å²) in [5, 5.41) is 3.31. The predicted octanol–water partition coefficient (Wildman–Crippen LogP) is 2.69. The number of oxazole rings is 1. The first kappa shape index (κ1) is 18.9. The second-order valence-corrected chi connectivity index (χ2v) is 8.51. The number of fused-ring (bicyclic) bond motifs is 1. The topological polar surface area (TPSA) is 104 Å². The molecule has 1 atom stereocenters. The van der Waals surface area contributed by atoms with Crippen LogP contribution < -0.4 is 16.8 Å². The van der Waals surface area contributed by atoms with Crippen molar-refractivity contribution >= 4 is 22.7 Å². The number of amides is 1. The predicted molar refractivity (Wildman–Crippen MR) is 115 cm³/mol. The van der Waals surface area contributed by atoms with Gasteiger partial charge in [-0.1, -0.05) is 18.2 Å². The maximum atomic E-state index is 13.5. The summed E-state index contributed by atoms with van der Waals surface area (Å²) >= 11 is 0. The van der Waals surface area contributed by atoms with Crippen LogP contribution in [0.2, 0.25) is 0 Å². The third-order valence-corrected chi connectivity index (χ3v) is 6.41. The summed E-state index contributed by atoms with van der Waals surface area (Å²) < 4.78 is 5.10. The molecule has 2 aromatic carbocycles. The molecule has 0 unspecified atom stereocenters. The van der Waals surface area contributed by atoms with Crippen molar-refractivity contribution in [2.75, 3.05) is 25.4 Å². The molecule has 0 bridgehead atoms. The number of benzene rings is 2. The number of H-pyrrole nitrogens is 1. The number of rotatable bonds is 6. The van der Waals surface area contributed by atoms with E-state index in [9.17, 15) is 9.59 Å². The summed E-state index contributed by atoms with van der Waals surface area (Å²) in [7, 11) is 0. The van der Waals surface area contributed by atoms with Crippen molar-refractivity contribution in [2.45, 2.75) is 37.1 Å². The second kappa shape index (κ2) is 7.32. The van der Waals surface area contributed by atoms with E-state index in [1.807, 2.05) is 36.4 Å². The van der Waals surface area contributed by atoms with Crippen LogP contribution in [0.4, 0.5) is 5.69 Å². The Kier molecular flexibility index (Phi) is 4.62. The number of carbonyl (C=O) groups excluding carboxylic acids is 1. The van der Waals surface area contributed by atoms with Crippen molar-refractivity contribution < 1.29 is 9.21 Å². The number of carbonyl (C=O) groups is 1. The third kappa shape index (κ3) is 3.50. The van der Waals surface area contributed by atoms with Crippen molar-refractivity contribution in [1.82, 2.24) is 15.2 Å². The van der Waals surface area contributed by atoms with Gasteiger partial charge in [0.1, 0.15) is 0 Å². The summed E-state index contributed by atoms with van der Waals surface area (Å²) in [5.41, 5.74) is 9.24. The van der Waals surface area contributed by atoms with E-state index >= 15 is 0 Å². The molecule has 156 valence electrons. The molecule has 0 spiro atoms. The fourth-order valence-electron chi connectivity index (χ4n) is 4.55. The minimum absolute atomic E-state index is 0.0271. The Morgan fingerprint density at radius 1 is 1.20 bits per heavy atom. The number of aromatic amines is 1. The number of anilines is 1. The Morgan fingerprint density at radius 3 is 2.73 bits per heavy atom. The summed E-state index contributed by atoms with van der Waals surface area (Å²) in [6.07, 6.45) is 3.98. The van der Waals surface area contributed by atoms with Gasteiger partial charge in [0.25, 0.3) is 0 Å². The van der Waals surface area contributed by atoms with Gasteiger partial charge >= 0.3 is 5.76 Å². The summed E-state index contributed by atoms with van der Waals surface area (Å²) in [4.78, 5) is 30.0. The molecule has 3 aromatic rings. The zero-order chi connectivity index (χ0) is 20.7. The van der Waals surface area contributed by atoms with Gasteiger partial charge < -0.3 is 20.4 Å². The van der Waals surface area contributed by atoms with Crippen molar-refractivity contribution in [1.29, 1.82) is 0 Å². The Bertz CT molecular complexity index is 1140. The van der Waals surface area contributed by atoms with E-state index in [4.69, 9.17) is 10.2 Å². The zero-order valence-corrected chi connectivity index (χ0v) is 16.8. The van der Waals surface area contributed by atoms with Gasteiger partial charge in [-0.05, 0) is 74.2 Å². The number of likely N-dealkylation sites (tertiary alicyclic amines) is 1. The first-order valence-electron chi connectivity index (χ1n) is 10.6. The van der Waals surface area contributed by atoms with Crippen LogP contribution in [0.25, 0.3) is 11.1 Å². The molecule has 7 nitrogen and oxygen atoms in total. The van der Waals surface area contributed by atoms with Crippen LogP contribution in [0.1, 0.15) is 42.9 Å². The molecule has 4 N–H and O–H groups in total. The van der Waals surface area contributed by atoms with Crippen molar-refractivity contribution in [3.63, 3.8) is 0 Å². The lowest BCUT2D eigenvalue weighted by atomic mass is 9.93. The summed E-state index contributed by atoms with van der Waals surface area (Å²) in [6, 6.07) is 13.2. The van der Waals surface area contributed by atoms with Gasteiger partial charge in [0.15, 0.2) is 5.58 Å². The van der Waals surface area contributed by atoms with E-state index in [0.29, 0.717) is 16.8 Å². The first-order chi connectivity index (χ1) is 14.5. The maximum absolute atomic E-state index is 13.5. The van der Waals surface area contributed by atoms with Crippen molar-refractivity contribution in [3.05, 3.63) is 64.1 Å². The van der Waals surface area contributed by atoms with Crippen LogP contribution in [0.15, 0.2) is 51.7 Å². The highest BCUT2D eigenvalue weighted by atomic mass is 16.4. The van der Waals surface area contributed by atoms with Gasteiger partial charge in [-0.2, -0.15) is 0 Å². The molecule has 2 fully saturated rings. The molecule has 1 saturated carbocycles. The Hall–Kier alpha value is -3.06. The molecule has 1 aromatic heterocycles. The van der Waals surface area contributed by atoms with Crippen LogP contribution in [0, 0.1) is 0 Å². The molecular formula is C23H26N4O3. The van der Waals surface area contributed by atoms with Crippen molar-refractivity contribution in [3.8, 4) is 0 Å². The minimum Gasteiger partial charge on any atom is -0.408 e. The van der Waals surface area contributed by atoms with Gasteiger partial charge in [0, 0.05) is 12.2 Å². The largest absolute Gasteiger partial charge is 0.417 e. The molecule has 1 aliphatic carbocycles. The molecule has 2 aliphatic rings. The summed E-state index contributed by atoms with van der Waals surface area (Å²) in [5.74, 6) is -0.455. The Labute approximate surface area is 174 Å². The number of aromatic nitrogens is 1. The number of hydrogen-bond donors (Lipinski definition) is 3. The van der Waals surface area contributed by atoms with Crippen LogP contribution in [0.5, 0.6) is 0 Å². The molecule has 30 heavy (non-hydrogen) atoms. The molecule has 1 amide bonds. The highest BCUT2D eigenvalue weighted by Crippen LogP contribution is 2.49. The van der Waals surface area contributed by atoms with E-state index in [2.05, 4.69) is 15.2 Å². The minimum atomic E-state index is -0.550. The lowest BCUT2D eigenvalue weighted by Crippen LogP contribution is -2.41. The Balaban J connectivity index is 1.41. The van der Waals surface area contributed by atoms with E-state index < -0.39 is 11.2 Å².